The summed E-state index contributed by atoms with van der Waals surface area (Å²) >= 11 is 5.93. The molecular weight excluding hydrogens is 420 g/mol. The lowest BCUT2D eigenvalue weighted by Crippen LogP contribution is -2.47. The Hall–Kier alpha value is -3.20. The lowest BCUT2D eigenvalue weighted by Gasteiger charge is -2.31. The molecule has 1 aliphatic heterocycles. The third kappa shape index (κ3) is 3.69. The molecule has 1 amide bonds. The molecule has 0 spiro atoms. The van der Waals surface area contributed by atoms with Crippen molar-refractivity contribution < 1.29 is 14.1 Å². The number of ether oxygens (including phenoxy) is 1. The first-order valence-corrected chi connectivity index (χ1v) is 10.5. The molecule has 0 radical (unpaired) electrons. The molecule has 10 heteroatoms. The van der Waals surface area contributed by atoms with Crippen LogP contribution in [0.1, 0.15) is 38.6 Å². The summed E-state index contributed by atoms with van der Waals surface area (Å²) in [5.74, 6) is 2.15. The van der Waals surface area contributed by atoms with Crippen molar-refractivity contribution >= 4 is 29.5 Å². The molecule has 3 heterocycles. The normalized spacial score (nSPS) is 21.8. The van der Waals surface area contributed by atoms with Gasteiger partial charge in [-0.3, -0.25) is 4.90 Å². The minimum atomic E-state index is -0.381. The second kappa shape index (κ2) is 7.49. The summed E-state index contributed by atoms with van der Waals surface area (Å²) in [5.41, 5.74) is 0.422. The fourth-order valence-corrected chi connectivity index (χ4v) is 3.96. The maximum Gasteiger partial charge on any atom is 0.416 e. The average molecular weight is 441 g/mol. The van der Waals surface area contributed by atoms with Gasteiger partial charge in [-0.15, -0.1) is 0 Å². The third-order valence-corrected chi connectivity index (χ3v) is 6.02. The molecule has 0 bridgehead atoms. The Morgan fingerprint density at radius 2 is 2.00 bits per heavy atom. The van der Waals surface area contributed by atoms with Gasteiger partial charge in [-0.05, 0) is 62.9 Å². The zero-order valence-corrected chi connectivity index (χ0v) is 17.8. The van der Waals surface area contributed by atoms with Crippen molar-refractivity contribution in [2.45, 2.75) is 38.3 Å². The van der Waals surface area contributed by atoms with E-state index in [2.05, 4.69) is 25.4 Å². The second-order valence-corrected chi connectivity index (χ2v) is 8.53. The lowest BCUT2D eigenvalue weighted by atomic mass is 9.96. The summed E-state index contributed by atoms with van der Waals surface area (Å²) in [5, 5.41) is 7.84. The number of aromatic nitrogens is 4. The number of anilines is 2. The van der Waals surface area contributed by atoms with E-state index in [9.17, 15) is 4.79 Å². The standard InChI is InChI=1S/C21H21ClN6O3/c1-12(18-26-17(27-31-18)13-3-7-15(22)8-4-13)24-19-23-10-9-16(25-19)28-20(29)30-11-21(28,2)14-5-6-14/h3-4,7-10,12,14H,5-6,11H2,1-2H3,(H,23,24,25)/t12?,21-/m1/s1. The Morgan fingerprint density at radius 3 is 2.74 bits per heavy atom. The quantitative estimate of drug-likeness (QED) is 0.598. The van der Waals surface area contributed by atoms with Gasteiger partial charge >= 0.3 is 6.09 Å². The highest BCUT2D eigenvalue weighted by molar-refractivity contribution is 6.30. The van der Waals surface area contributed by atoms with E-state index >= 15 is 0 Å². The van der Waals surface area contributed by atoms with Crippen molar-refractivity contribution in [1.29, 1.82) is 0 Å². The average Bonchev–Trinajstić information content (AvgIpc) is 3.43. The number of hydrogen-bond acceptors (Lipinski definition) is 8. The first-order valence-electron chi connectivity index (χ1n) is 10.1. The maximum absolute atomic E-state index is 12.4. The van der Waals surface area contributed by atoms with E-state index in [0.717, 1.165) is 18.4 Å². The van der Waals surface area contributed by atoms with Crippen molar-refractivity contribution in [1.82, 2.24) is 20.1 Å². The summed E-state index contributed by atoms with van der Waals surface area (Å²) in [6.45, 7) is 4.28. The molecule has 5 rings (SSSR count). The van der Waals surface area contributed by atoms with Crippen molar-refractivity contribution in [3.8, 4) is 11.4 Å². The molecule has 1 saturated heterocycles. The van der Waals surface area contributed by atoms with E-state index in [1.807, 2.05) is 26.0 Å². The molecule has 2 fully saturated rings. The van der Waals surface area contributed by atoms with Gasteiger partial charge in [0, 0.05) is 16.8 Å². The SMILES string of the molecule is CC(Nc1nccc(N2C(=O)OC[C@]2(C)C2CC2)n1)c1nc(-c2ccc(Cl)cc2)no1. The zero-order chi connectivity index (χ0) is 21.6. The van der Waals surface area contributed by atoms with Gasteiger partial charge < -0.3 is 14.6 Å². The molecular formula is C21H21ClN6O3. The molecule has 1 aliphatic carbocycles. The molecule has 3 aromatic rings. The van der Waals surface area contributed by atoms with Gasteiger partial charge in [0.25, 0.3) is 0 Å². The number of carbonyl (C=O) groups is 1. The number of nitrogens with one attached hydrogen (secondary N) is 1. The van der Waals surface area contributed by atoms with E-state index in [0.29, 0.717) is 41.0 Å². The molecule has 1 N–H and O–H groups in total. The number of hydrogen-bond donors (Lipinski definition) is 1. The van der Waals surface area contributed by atoms with Crippen LogP contribution >= 0.6 is 11.6 Å². The molecule has 160 valence electrons. The highest BCUT2D eigenvalue weighted by Crippen LogP contribution is 2.47. The van der Waals surface area contributed by atoms with Gasteiger partial charge in [-0.1, -0.05) is 16.8 Å². The Bertz CT molecular complexity index is 1120. The topological polar surface area (TPSA) is 106 Å². The van der Waals surface area contributed by atoms with Crippen LogP contribution in [0, 0.1) is 5.92 Å². The van der Waals surface area contributed by atoms with Crippen LogP contribution < -0.4 is 10.2 Å². The van der Waals surface area contributed by atoms with E-state index in [4.69, 9.17) is 20.9 Å². The van der Waals surface area contributed by atoms with E-state index in [1.165, 1.54) is 0 Å². The van der Waals surface area contributed by atoms with Crippen LogP contribution in [-0.2, 0) is 4.74 Å². The summed E-state index contributed by atoms with van der Waals surface area (Å²) in [7, 11) is 0. The second-order valence-electron chi connectivity index (χ2n) is 8.09. The largest absolute Gasteiger partial charge is 0.447 e. The number of amides is 1. The highest BCUT2D eigenvalue weighted by Gasteiger charge is 2.54. The number of halogens is 1. The fraction of sp³-hybridized carbons (Fsp3) is 0.381. The first-order chi connectivity index (χ1) is 14.9. The number of carbonyl (C=O) groups excluding carboxylic acids is 1. The van der Waals surface area contributed by atoms with Crippen LogP contribution in [0.5, 0.6) is 0 Å². The highest BCUT2D eigenvalue weighted by atomic mass is 35.5. The van der Waals surface area contributed by atoms with Crippen LogP contribution in [0.25, 0.3) is 11.4 Å². The molecule has 2 aromatic heterocycles. The number of rotatable bonds is 6. The molecule has 31 heavy (non-hydrogen) atoms. The molecule has 1 saturated carbocycles. The predicted molar refractivity (Wildman–Crippen MR) is 114 cm³/mol. The number of benzene rings is 1. The van der Waals surface area contributed by atoms with Crippen LogP contribution in [0.3, 0.4) is 0 Å². The molecule has 1 aromatic carbocycles. The van der Waals surface area contributed by atoms with Crippen LogP contribution in [0.2, 0.25) is 5.02 Å². The van der Waals surface area contributed by atoms with Crippen LogP contribution in [0.4, 0.5) is 16.6 Å². The molecule has 2 atom stereocenters. The third-order valence-electron chi connectivity index (χ3n) is 5.77. The minimum Gasteiger partial charge on any atom is -0.447 e. The first kappa shape index (κ1) is 19.7. The maximum atomic E-state index is 12.4. The Labute approximate surface area is 183 Å². The number of nitrogens with zero attached hydrogens (tertiary/aromatic N) is 5. The minimum absolute atomic E-state index is 0.343. The van der Waals surface area contributed by atoms with Crippen molar-refractivity contribution in [3.63, 3.8) is 0 Å². The molecule has 1 unspecified atom stereocenters. The summed E-state index contributed by atoms with van der Waals surface area (Å²) in [6.07, 6.45) is 3.41. The van der Waals surface area contributed by atoms with Crippen LogP contribution in [-0.4, -0.2) is 38.3 Å². The Kier molecular flexibility index (Phi) is 4.77. The number of cyclic esters (lactones) is 1. The van der Waals surface area contributed by atoms with Crippen molar-refractivity contribution in [2.24, 2.45) is 5.92 Å². The van der Waals surface area contributed by atoms with E-state index in [1.54, 1.807) is 29.3 Å². The fourth-order valence-electron chi connectivity index (χ4n) is 3.83. The lowest BCUT2D eigenvalue weighted by molar-refractivity contribution is 0.172. The van der Waals surface area contributed by atoms with Gasteiger partial charge in [-0.25, -0.2) is 9.78 Å². The van der Waals surface area contributed by atoms with Gasteiger partial charge in [-0.2, -0.15) is 9.97 Å². The Balaban J connectivity index is 1.34. The van der Waals surface area contributed by atoms with E-state index in [-0.39, 0.29) is 17.7 Å². The monoisotopic (exact) mass is 440 g/mol. The zero-order valence-electron chi connectivity index (χ0n) is 17.1. The summed E-state index contributed by atoms with van der Waals surface area (Å²) in [6, 6.07) is 8.57. The Morgan fingerprint density at radius 1 is 1.23 bits per heavy atom. The van der Waals surface area contributed by atoms with Crippen molar-refractivity contribution in [2.75, 3.05) is 16.8 Å². The van der Waals surface area contributed by atoms with E-state index < -0.39 is 0 Å². The van der Waals surface area contributed by atoms with Gasteiger partial charge in [0.2, 0.25) is 17.7 Å². The van der Waals surface area contributed by atoms with Crippen LogP contribution in [0.15, 0.2) is 41.1 Å². The van der Waals surface area contributed by atoms with Gasteiger partial charge in [0.15, 0.2) is 0 Å². The molecule has 2 aliphatic rings. The van der Waals surface area contributed by atoms with Gasteiger partial charge in [0.1, 0.15) is 18.5 Å². The van der Waals surface area contributed by atoms with Gasteiger partial charge in [0.05, 0.1) is 5.54 Å². The summed E-state index contributed by atoms with van der Waals surface area (Å²) < 4.78 is 10.8. The summed E-state index contributed by atoms with van der Waals surface area (Å²) in [4.78, 5) is 27.3. The molecule has 9 nitrogen and oxygen atoms in total. The van der Waals surface area contributed by atoms with Crippen molar-refractivity contribution in [3.05, 3.63) is 47.4 Å². The smallest absolute Gasteiger partial charge is 0.416 e. The predicted octanol–water partition coefficient (Wildman–Crippen LogP) is 4.48.